The number of methoxy groups -OCH3 is 2. The summed E-state index contributed by atoms with van der Waals surface area (Å²) in [6.07, 6.45) is 5.86. The molecule has 5 nitrogen and oxygen atoms in total. The normalized spacial score (nSPS) is 38.1. The molecule has 0 unspecified atom stereocenters. The lowest BCUT2D eigenvalue weighted by Gasteiger charge is -2.73. The second-order valence-electron chi connectivity index (χ2n) is 11.5. The second kappa shape index (κ2) is 7.33. The minimum Gasteiger partial charge on any atom is -0.493 e. The number of Topliss-reactive ketones (excluding diaryl/α,β-unsaturated/α-hetero) is 1. The molecule has 6 aliphatic rings. The third-order valence-electron chi connectivity index (χ3n) is 10.7. The Labute approximate surface area is 207 Å². The number of hydrogen-bond donors (Lipinski definition) is 0. The van der Waals surface area contributed by atoms with Crippen LogP contribution in [0.5, 0.6) is 11.5 Å². The van der Waals surface area contributed by atoms with Gasteiger partial charge in [-0.1, -0.05) is 36.4 Å². The van der Waals surface area contributed by atoms with Gasteiger partial charge in [0.25, 0.3) is 0 Å². The van der Waals surface area contributed by atoms with Gasteiger partial charge in [0.1, 0.15) is 17.5 Å². The minimum absolute atomic E-state index is 0.0217. The first-order valence-electron chi connectivity index (χ1n) is 13.2. The van der Waals surface area contributed by atoms with Crippen molar-refractivity contribution < 1.29 is 19.0 Å². The summed E-state index contributed by atoms with van der Waals surface area (Å²) in [5, 5.41) is 0. The molecule has 0 radical (unpaired) electrons. The Morgan fingerprint density at radius 2 is 1.94 bits per heavy atom. The molecule has 6 atom stereocenters. The predicted molar refractivity (Wildman–Crippen MR) is 133 cm³/mol. The van der Waals surface area contributed by atoms with Gasteiger partial charge in [-0.2, -0.15) is 0 Å². The number of nitrogens with zero attached hydrogens (tertiary/aromatic N) is 1. The standard InChI is InChI=1S/C30H35NO4/c1-19(32)22-18-28-12-13-30(22,34-3)27-29(28)14-16-31(15-11-20-7-5-4-6-8-20)24(28)17-21-9-10-23(33-2)26(35-27)25(21)29/h4-10,22,24,27H,11-18H2,1-3H3/t22-,24+,27+,28+,29-,30+/m0/s1. The van der Waals surface area contributed by atoms with Crippen molar-refractivity contribution in [1.29, 1.82) is 0 Å². The van der Waals surface area contributed by atoms with Gasteiger partial charge in [-0.15, -0.1) is 0 Å². The van der Waals surface area contributed by atoms with Gasteiger partial charge >= 0.3 is 0 Å². The fourth-order valence-electron chi connectivity index (χ4n) is 9.36. The first-order valence-corrected chi connectivity index (χ1v) is 13.2. The topological polar surface area (TPSA) is 48.0 Å². The molecule has 2 aromatic carbocycles. The number of fused-ring (bicyclic) bond motifs is 2. The van der Waals surface area contributed by atoms with Crippen molar-refractivity contribution >= 4 is 5.78 Å². The van der Waals surface area contributed by atoms with E-state index in [0.29, 0.717) is 6.04 Å². The number of benzene rings is 2. The monoisotopic (exact) mass is 473 g/mol. The number of ketones is 1. The molecule has 4 aliphatic carbocycles. The van der Waals surface area contributed by atoms with Crippen LogP contribution in [0.4, 0.5) is 0 Å². The minimum atomic E-state index is -0.566. The largest absolute Gasteiger partial charge is 0.493 e. The number of hydrogen-bond acceptors (Lipinski definition) is 5. The van der Waals surface area contributed by atoms with Crippen molar-refractivity contribution in [3.05, 3.63) is 59.2 Å². The average molecular weight is 474 g/mol. The molecule has 0 aromatic heterocycles. The van der Waals surface area contributed by atoms with Crippen LogP contribution in [0.15, 0.2) is 42.5 Å². The Morgan fingerprint density at radius 1 is 1.11 bits per heavy atom. The van der Waals surface area contributed by atoms with E-state index in [9.17, 15) is 4.79 Å². The van der Waals surface area contributed by atoms with Crippen molar-refractivity contribution in [1.82, 2.24) is 4.90 Å². The molecule has 1 saturated heterocycles. The number of likely N-dealkylation sites (tertiary alicyclic amines) is 1. The number of piperidine rings is 1. The molecule has 4 bridgehead atoms. The SMILES string of the molecule is COc1ccc2c3c1O[C@H]1[C@@]4(OC)CC[C@@]5(C[C@H]4C(C)=O)[C@@H](C2)N(CCc2ccccc2)CC[C@]315. The molecule has 3 saturated carbocycles. The zero-order chi connectivity index (χ0) is 24.0. The van der Waals surface area contributed by atoms with Crippen molar-refractivity contribution in [3.8, 4) is 11.5 Å². The molecule has 4 fully saturated rings. The molecular weight excluding hydrogens is 438 g/mol. The zero-order valence-electron chi connectivity index (χ0n) is 21.0. The van der Waals surface area contributed by atoms with Crippen LogP contribution in [0.25, 0.3) is 0 Å². The summed E-state index contributed by atoms with van der Waals surface area (Å²) in [5.74, 6) is 1.85. The highest BCUT2D eigenvalue weighted by atomic mass is 16.6. The van der Waals surface area contributed by atoms with E-state index in [-0.39, 0.29) is 28.6 Å². The van der Waals surface area contributed by atoms with Crippen LogP contribution in [-0.2, 0) is 27.8 Å². The van der Waals surface area contributed by atoms with E-state index in [1.807, 2.05) is 0 Å². The van der Waals surface area contributed by atoms with Crippen molar-refractivity contribution in [2.24, 2.45) is 11.3 Å². The van der Waals surface area contributed by atoms with Crippen LogP contribution in [0, 0.1) is 11.3 Å². The van der Waals surface area contributed by atoms with Crippen molar-refractivity contribution in [2.75, 3.05) is 27.3 Å². The molecule has 2 spiro atoms. The highest BCUT2D eigenvalue weighted by molar-refractivity contribution is 5.81. The highest BCUT2D eigenvalue weighted by Gasteiger charge is 2.81. The average Bonchev–Trinajstić information content (AvgIpc) is 3.25. The predicted octanol–water partition coefficient (Wildman–Crippen LogP) is 4.34. The van der Waals surface area contributed by atoms with Gasteiger partial charge in [0.15, 0.2) is 11.5 Å². The van der Waals surface area contributed by atoms with Crippen LogP contribution in [0.3, 0.4) is 0 Å². The Morgan fingerprint density at radius 3 is 2.69 bits per heavy atom. The quantitative estimate of drug-likeness (QED) is 0.625. The van der Waals surface area contributed by atoms with Crippen molar-refractivity contribution in [3.63, 3.8) is 0 Å². The molecule has 2 aromatic rings. The summed E-state index contributed by atoms with van der Waals surface area (Å²) in [6.45, 7) is 3.87. The zero-order valence-corrected chi connectivity index (χ0v) is 21.0. The first kappa shape index (κ1) is 21.9. The Bertz CT molecular complexity index is 1200. The fraction of sp³-hybridized carbons (Fsp3) is 0.567. The maximum atomic E-state index is 13.1. The van der Waals surface area contributed by atoms with E-state index in [1.165, 1.54) is 16.7 Å². The highest BCUT2D eigenvalue weighted by Crippen LogP contribution is 2.76. The van der Waals surface area contributed by atoms with Gasteiger partial charge in [-0.3, -0.25) is 9.69 Å². The molecule has 8 rings (SSSR count). The summed E-state index contributed by atoms with van der Waals surface area (Å²) in [6, 6.07) is 15.6. The van der Waals surface area contributed by atoms with E-state index < -0.39 is 5.60 Å². The Kier molecular flexibility index (Phi) is 4.58. The molecule has 0 amide bonds. The number of ether oxygens (including phenoxy) is 3. The van der Waals surface area contributed by atoms with Crippen LogP contribution >= 0.6 is 0 Å². The van der Waals surface area contributed by atoms with Gasteiger partial charge in [-0.05, 0) is 69.2 Å². The molecule has 0 N–H and O–H groups in total. The number of carbonyl (C=O) groups excluding carboxylic acids is 1. The van der Waals surface area contributed by atoms with Gasteiger partial charge < -0.3 is 14.2 Å². The van der Waals surface area contributed by atoms with Crippen molar-refractivity contribution in [2.45, 2.75) is 68.6 Å². The lowest BCUT2D eigenvalue weighted by Crippen LogP contribution is -2.81. The maximum absolute atomic E-state index is 13.1. The Hall–Kier alpha value is -2.37. The lowest BCUT2D eigenvalue weighted by molar-refractivity contribution is -0.271. The molecule has 5 heteroatoms. The van der Waals surface area contributed by atoms with Crippen LogP contribution < -0.4 is 9.47 Å². The van der Waals surface area contributed by atoms with E-state index in [2.05, 4.69) is 47.4 Å². The maximum Gasteiger partial charge on any atom is 0.165 e. The van der Waals surface area contributed by atoms with Gasteiger partial charge in [-0.25, -0.2) is 0 Å². The first-order chi connectivity index (χ1) is 17.0. The fourth-order valence-corrected chi connectivity index (χ4v) is 9.36. The van der Waals surface area contributed by atoms with E-state index in [0.717, 1.165) is 63.1 Å². The summed E-state index contributed by atoms with van der Waals surface area (Å²) in [5.41, 5.74) is 3.52. The molecule has 184 valence electrons. The second-order valence-corrected chi connectivity index (χ2v) is 11.5. The smallest absolute Gasteiger partial charge is 0.165 e. The van der Waals surface area contributed by atoms with Crippen LogP contribution in [0.2, 0.25) is 0 Å². The van der Waals surface area contributed by atoms with Gasteiger partial charge in [0.2, 0.25) is 0 Å². The summed E-state index contributed by atoms with van der Waals surface area (Å²) in [7, 11) is 3.53. The van der Waals surface area contributed by atoms with Gasteiger partial charge in [0, 0.05) is 36.1 Å². The Balaban J connectivity index is 1.39. The number of carbonyl (C=O) groups is 1. The van der Waals surface area contributed by atoms with Crippen LogP contribution in [0.1, 0.15) is 49.3 Å². The summed E-state index contributed by atoms with van der Waals surface area (Å²) in [4.78, 5) is 15.9. The van der Waals surface area contributed by atoms with Crippen LogP contribution in [-0.4, -0.2) is 55.7 Å². The molecule has 2 heterocycles. The van der Waals surface area contributed by atoms with E-state index in [1.54, 1.807) is 21.1 Å². The third kappa shape index (κ3) is 2.49. The molecule has 35 heavy (non-hydrogen) atoms. The summed E-state index contributed by atoms with van der Waals surface area (Å²) < 4.78 is 19.1. The number of rotatable bonds is 6. The van der Waals surface area contributed by atoms with E-state index >= 15 is 0 Å². The molecular formula is C30H35NO4. The summed E-state index contributed by atoms with van der Waals surface area (Å²) >= 11 is 0. The van der Waals surface area contributed by atoms with Gasteiger partial charge in [0.05, 0.1) is 13.0 Å². The third-order valence-corrected chi connectivity index (χ3v) is 10.7. The van der Waals surface area contributed by atoms with E-state index in [4.69, 9.17) is 14.2 Å². The lowest BCUT2D eigenvalue weighted by atomic mass is 9.34. The molecule has 2 aliphatic heterocycles.